The molecule has 0 aromatic heterocycles. The minimum Gasteiger partial charge on any atom is -0.290 e. The Morgan fingerprint density at radius 2 is 1.67 bits per heavy atom. The highest BCUT2D eigenvalue weighted by atomic mass is 35.5. The molecule has 3 rings (SSSR count). The van der Waals surface area contributed by atoms with Crippen molar-refractivity contribution in [2.45, 2.75) is 38.0 Å². The van der Waals surface area contributed by atoms with Gasteiger partial charge in [0.25, 0.3) is 0 Å². The van der Waals surface area contributed by atoms with Crippen LogP contribution in [-0.4, -0.2) is 11.0 Å². The van der Waals surface area contributed by atoms with Gasteiger partial charge in [-0.25, -0.2) is 4.99 Å². The average Bonchev–Trinajstić information content (AvgIpc) is 2.64. The van der Waals surface area contributed by atoms with Crippen molar-refractivity contribution in [1.29, 1.82) is 0 Å². The molecule has 126 valence electrons. The van der Waals surface area contributed by atoms with Gasteiger partial charge in [0.05, 0.1) is 10.7 Å². The SMILES string of the molecule is ONC(CC1CCC(c2ccccc2)CC1)=Nc1ccccc1Cl. The summed E-state index contributed by atoms with van der Waals surface area (Å²) in [6.45, 7) is 0. The van der Waals surface area contributed by atoms with E-state index >= 15 is 0 Å². The van der Waals surface area contributed by atoms with E-state index in [1.165, 1.54) is 18.4 Å². The van der Waals surface area contributed by atoms with Gasteiger partial charge in [0.2, 0.25) is 0 Å². The molecule has 0 heterocycles. The second-order valence-electron chi connectivity index (χ2n) is 6.45. The van der Waals surface area contributed by atoms with Crippen molar-refractivity contribution in [2.75, 3.05) is 0 Å². The standard InChI is InChI=1S/C20H23ClN2O/c21-18-8-4-5-9-19(18)22-20(23-24)14-15-10-12-17(13-11-15)16-6-2-1-3-7-16/h1-9,15,17,24H,10-14H2,(H,22,23). The number of benzene rings is 2. The molecule has 0 amide bonds. The smallest absolute Gasteiger partial charge is 0.126 e. The van der Waals surface area contributed by atoms with Crippen LogP contribution in [0.3, 0.4) is 0 Å². The van der Waals surface area contributed by atoms with E-state index in [2.05, 4.69) is 40.8 Å². The summed E-state index contributed by atoms with van der Waals surface area (Å²) in [6, 6.07) is 18.2. The number of nitrogens with one attached hydrogen (secondary N) is 1. The van der Waals surface area contributed by atoms with Gasteiger partial charge >= 0.3 is 0 Å². The molecule has 0 aliphatic heterocycles. The minimum absolute atomic E-state index is 0.547. The van der Waals surface area contributed by atoms with Crippen molar-refractivity contribution in [3.8, 4) is 0 Å². The van der Waals surface area contributed by atoms with E-state index in [1.54, 1.807) is 6.07 Å². The highest BCUT2D eigenvalue weighted by molar-refractivity contribution is 6.33. The Balaban J connectivity index is 1.59. The maximum Gasteiger partial charge on any atom is 0.126 e. The number of hydroxylamine groups is 1. The molecule has 0 unspecified atom stereocenters. The summed E-state index contributed by atoms with van der Waals surface area (Å²) in [7, 11) is 0. The Kier molecular flexibility index (Phi) is 5.89. The van der Waals surface area contributed by atoms with E-state index in [-0.39, 0.29) is 0 Å². The number of para-hydroxylation sites is 1. The van der Waals surface area contributed by atoms with Gasteiger partial charge in [-0.3, -0.25) is 10.7 Å². The minimum atomic E-state index is 0.547. The fourth-order valence-corrected chi connectivity index (χ4v) is 3.68. The molecule has 0 spiro atoms. The Morgan fingerprint density at radius 3 is 2.33 bits per heavy atom. The molecule has 2 aromatic carbocycles. The average molecular weight is 343 g/mol. The zero-order chi connectivity index (χ0) is 16.8. The van der Waals surface area contributed by atoms with Crippen molar-refractivity contribution in [2.24, 2.45) is 10.9 Å². The summed E-state index contributed by atoms with van der Waals surface area (Å²) in [5.74, 6) is 1.80. The van der Waals surface area contributed by atoms with Crippen LogP contribution >= 0.6 is 11.6 Å². The number of hydrogen-bond acceptors (Lipinski definition) is 2. The lowest BCUT2D eigenvalue weighted by atomic mass is 9.77. The second-order valence-corrected chi connectivity index (χ2v) is 6.86. The number of halogens is 1. The molecule has 1 saturated carbocycles. The van der Waals surface area contributed by atoms with E-state index in [0.717, 1.165) is 19.3 Å². The van der Waals surface area contributed by atoms with Gasteiger partial charge in [-0.1, -0.05) is 54.1 Å². The van der Waals surface area contributed by atoms with E-state index in [0.29, 0.717) is 28.4 Å². The Labute approximate surface area is 148 Å². The summed E-state index contributed by atoms with van der Waals surface area (Å²) in [5.41, 5.74) is 4.39. The van der Waals surface area contributed by atoms with Crippen molar-refractivity contribution < 1.29 is 5.21 Å². The quantitative estimate of drug-likeness (QED) is 0.424. The summed E-state index contributed by atoms with van der Waals surface area (Å²) in [4.78, 5) is 4.47. The fourth-order valence-electron chi connectivity index (χ4n) is 3.50. The molecule has 24 heavy (non-hydrogen) atoms. The molecule has 1 aliphatic rings. The summed E-state index contributed by atoms with van der Waals surface area (Å²) >= 11 is 6.14. The number of rotatable bonds is 4. The molecule has 0 saturated heterocycles. The third-order valence-electron chi connectivity index (χ3n) is 4.84. The molecule has 3 nitrogen and oxygen atoms in total. The van der Waals surface area contributed by atoms with Gasteiger partial charge in [0, 0.05) is 6.42 Å². The largest absolute Gasteiger partial charge is 0.290 e. The summed E-state index contributed by atoms with van der Waals surface area (Å²) < 4.78 is 0. The zero-order valence-electron chi connectivity index (χ0n) is 13.7. The molecule has 4 heteroatoms. The topological polar surface area (TPSA) is 44.6 Å². The van der Waals surface area contributed by atoms with E-state index < -0.39 is 0 Å². The first-order chi connectivity index (χ1) is 11.8. The molecule has 0 radical (unpaired) electrons. The first kappa shape index (κ1) is 17.0. The third-order valence-corrected chi connectivity index (χ3v) is 5.16. The van der Waals surface area contributed by atoms with Gasteiger partial charge in [-0.15, -0.1) is 0 Å². The van der Waals surface area contributed by atoms with E-state index in [1.807, 2.05) is 18.2 Å². The van der Waals surface area contributed by atoms with Gasteiger partial charge < -0.3 is 0 Å². The predicted molar refractivity (Wildman–Crippen MR) is 99.2 cm³/mol. The van der Waals surface area contributed by atoms with Crippen LogP contribution < -0.4 is 5.48 Å². The molecule has 0 bridgehead atoms. The number of amidine groups is 1. The molecule has 0 atom stereocenters. The van der Waals surface area contributed by atoms with E-state index in [9.17, 15) is 5.21 Å². The lowest BCUT2D eigenvalue weighted by Crippen LogP contribution is -2.24. The summed E-state index contributed by atoms with van der Waals surface area (Å²) in [6.07, 6.45) is 5.45. The monoisotopic (exact) mass is 342 g/mol. The molecule has 2 aromatic rings. The zero-order valence-corrected chi connectivity index (χ0v) is 14.4. The normalized spacial score (nSPS) is 21.5. The van der Waals surface area contributed by atoms with Gasteiger partial charge in [-0.05, 0) is 55.2 Å². The maximum absolute atomic E-state index is 9.42. The Morgan fingerprint density at radius 1 is 1.00 bits per heavy atom. The van der Waals surface area contributed by atoms with Crippen LogP contribution in [0, 0.1) is 5.92 Å². The van der Waals surface area contributed by atoms with Gasteiger partial charge in [0.1, 0.15) is 5.84 Å². The second kappa shape index (κ2) is 8.32. The van der Waals surface area contributed by atoms with Crippen LogP contribution in [0.1, 0.15) is 43.6 Å². The highest BCUT2D eigenvalue weighted by Gasteiger charge is 2.23. The van der Waals surface area contributed by atoms with Crippen molar-refractivity contribution >= 4 is 23.1 Å². The molecule has 2 N–H and O–H groups in total. The van der Waals surface area contributed by atoms with Crippen LogP contribution in [0.25, 0.3) is 0 Å². The summed E-state index contributed by atoms with van der Waals surface area (Å²) in [5, 5.41) is 10.0. The number of aliphatic imine (C=N–C) groups is 1. The van der Waals surface area contributed by atoms with Crippen LogP contribution in [0.15, 0.2) is 59.6 Å². The maximum atomic E-state index is 9.42. The lowest BCUT2D eigenvalue weighted by Gasteiger charge is -2.29. The Hall–Kier alpha value is -1.84. The van der Waals surface area contributed by atoms with Crippen molar-refractivity contribution in [3.63, 3.8) is 0 Å². The third kappa shape index (κ3) is 4.37. The highest BCUT2D eigenvalue weighted by Crippen LogP contribution is 2.37. The molecule has 1 fully saturated rings. The van der Waals surface area contributed by atoms with Crippen LogP contribution in [0.2, 0.25) is 5.02 Å². The van der Waals surface area contributed by atoms with Crippen LogP contribution in [0.4, 0.5) is 5.69 Å². The van der Waals surface area contributed by atoms with Gasteiger partial charge in [0.15, 0.2) is 0 Å². The van der Waals surface area contributed by atoms with Crippen LogP contribution in [-0.2, 0) is 0 Å². The first-order valence-corrected chi connectivity index (χ1v) is 8.91. The number of hydrogen-bond donors (Lipinski definition) is 2. The lowest BCUT2D eigenvalue weighted by molar-refractivity contribution is 0.226. The van der Waals surface area contributed by atoms with Crippen LogP contribution in [0.5, 0.6) is 0 Å². The Bertz CT molecular complexity index is 679. The van der Waals surface area contributed by atoms with Gasteiger partial charge in [-0.2, -0.15) is 0 Å². The predicted octanol–water partition coefficient (Wildman–Crippen LogP) is 5.71. The molecule has 1 aliphatic carbocycles. The number of nitrogens with zero attached hydrogens (tertiary/aromatic N) is 1. The molecular weight excluding hydrogens is 320 g/mol. The van der Waals surface area contributed by atoms with Crippen molar-refractivity contribution in [1.82, 2.24) is 5.48 Å². The first-order valence-electron chi connectivity index (χ1n) is 8.53. The van der Waals surface area contributed by atoms with E-state index in [4.69, 9.17) is 11.6 Å². The fraction of sp³-hybridized carbons (Fsp3) is 0.350. The molecular formula is C20H23ClN2O. The van der Waals surface area contributed by atoms with Crippen molar-refractivity contribution in [3.05, 3.63) is 65.2 Å².